The largest absolute Gasteiger partial charge is 0.394 e. The molecule has 0 radical (unpaired) electrons. The number of nitrogens with zero attached hydrogens (tertiary/aromatic N) is 2. The van der Waals surface area contributed by atoms with E-state index in [9.17, 15) is 14.7 Å². The van der Waals surface area contributed by atoms with Gasteiger partial charge >= 0.3 is 5.69 Å². The number of aromatic nitrogens is 2. The predicted octanol–water partition coefficient (Wildman–Crippen LogP) is -2.25. The third kappa shape index (κ3) is 1.90. The van der Waals surface area contributed by atoms with E-state index >= 15 is 0 Å². The summed E-state index contributed by atoms with van der Waals surface area (Å²) in [6.07, 6.45) is -1.62. The molecule has 0 bridgehead atoms. The Morgan fingerprint density at radius 1 is 1.40 bits per heavy atom. The first-order chi connectivity index (χ1) is 9.51. The summed E-state index contributed by atoms with van der Waals surface area (Å²) in [5.41, 5.74) is -0.701. The van der Waals surface area contributed by atoms with Gasteiger partial charge in [0.25, 0.3) is 5.56 Å². The van der Waals surface area contributed by atoms with Crippen molar-refractivity contribution in [1.82, 2.24) is 9.97 Å². The second-order valence-corrected chi connectivity index (χ2v) is 5.03. The highest BCUT2D eigenvalue weighted by atomic mass is 16.5. The Morgan fingerprint density at radius 3 is 2.80 bits per heavy atom. The molecule has 9 heteroatoms. The fourth-order valence-corrected chi connectivity index (χ4v) is 2.71. The van der Waals surface area contributed by atoms with Crippen molar-refractivity contribution in [2.45, 2.75) is 24.9 Å². The molecule has 0 aromatic carbocycles. The van der Waals surface area contributed by atoms with Crippen molar-refractivity contribution in [2.24, 2.45) is 0 Å². The summed E-state index contributed by atoms with van der Waals surface area (Å²) < 4.78 is 5.56. The second kappa shape index (κ2) is 4.62. The maximum atomic E-state index is 11.8. The van der Waals surface area contributed by atoms with Crippen LogP contribution in [-0.4, -0.2) is 58.9 Å². The summed E-state index contributed by atoms with van der Waals surface area (Å²) in [7, 11) is 1.72. The Labute approximate surface area is 113 Å². The number of aliphatic hydroxyl groups is 2. The highest BCUT2D eigenvalue weighted by molar-refractivity contribution is 5.71. The number of aliphatic hydroxyl groups excluding tert-OH is 2. The van der Waals surface area contributed by atoms with Crippen LogP contribution in [0.1, 0.15) is 6.42 Å². The van der Waals surface area contributed by atoms with Gasteiger partial charge in [-0.3, -0.25) is 14.8 Å². The molecule has 1 saturated heterocycles. The Morgan fingerprint density at radius 2 is 2.15 bits per heavy atom. The molecule has 2 aliphatic rings. The number of anilines is 2. The van der Waals surface area contributed by atoms with Crippen molar-refractivity contribution in [2.75, 3.05) is 30.1 Å². The zero-order valence-electron chi connectivity index (χ0n) is 10.9. The minimum Gasteiger partial charge on any atom is -0.394 e. The van der Waals surface area contributed by atoms with E-state index in [1.807, 2.05) is 0 Å². The van der Waals surface area contributed by atoms with Crippen molar-refractivity contribution >= 4 is 11.5 Å². The summed E-state index contributed by atoms with van der Waals surface area (Å²) in [4.78, 5) is 31.4. The molecule has 0 spiro atoms. The Bertz CT molecular complexity index is 626. The van der Waals surface area contributed by atoms with Gasteiger partial charge in [-0.15, -0.1) is 0 Å². The van der Waals surface area contributed by atoms with Crippen molar-refractivity contribution in [3.05, 3.63) is 20.8 Å². The molecule has 0 aliphatic carbocycles. The molecule has 2 aliphatic heterocycles. The summed E-state index contributed by atoms with van der Waals surface area (Å²) in [6, 6.07) is 0. The van der Waals surface area contributed by atoms with Crippen LogP contribution in [0.25, 0.3) is 0 Å². The van der Waals surface area contributed by atoms with Gasteiger partial charge < -0.3 is 24.7 Å². The Balaban J connectivity index is 1.96. The lowest BCUT2D eigenvalue weighted by Crippen LogP contribution is -2.38. The van der Waals surface area contributed by atoms with Gasteiger partial charge in [0, 0.05) is 13.5 Å². The standard InChI is InChI=1S/C11H16N4O5/c1-14-4-15(7-2-5(17)6(3-16)20-7)9-8(14)10(18)13-11(19)12-9/h5-7,16-17H,2-4H2,1H3,(H2,12,13,18,19)/t5-,6+,7+/m0/s1. The van der Waals surface area contributed by atoms with E-state index in [1.165, 1.54) is 0 Å². The second-order valence-electron chi connectivity index (χ2n) is 5.03. The number of nitrogens with one attached hydrogen (secondary N) is 2. The van der Waals surface area contributed by atoms with Gasteiger partial charge in [-0.25, -0.2) is 4.79 Å². The molecule has 0 amide bonds. The van der Waals surface area contributed by atoms with Gasteiger partial charge in [0.2, 0.25) is 0 Å². The Hall–Kier alpha value is -1.84. The van der Waals surface area contributed by atoms with E-state index < -0.39 is 29.7 Å². The van der Waals surface area contributed by atoms with E-state index in [4.69, 9.17) is 9.84 Å². The van der Waals surface area contributed by atoms with Crippen LogP contribution < -0.4 is 21.0 Å². The topological polar surface area (TPSA) is 122 Å². The van der Waals surface area contributed by atoms with Crippen molar-refractivity contribution in [3.8, 4) is 0 Å². The lowest BCUT2D eigenvalue weighted by atomic mass is 10.2. The lowest BCUT2D eigenvalue weighted by molar-refractivity contribution is -0.0220. The smallest absolute Gasteiger partial charge is 0.327 e. The van der Waals surface area contributed by atoms with E-state index in [0.717, 1.165) is 0 Å². The predicted molar refractivity (Wildman–Crippen MR) is 69.8 cm³/mol. The number of rotatable bonds is 2. The van der Waals surface area contributed by atoms with E-state index in [0.29, 0.717) is 24.6 Å². The molecular formula is C11H16N4O5. The van der Waals surface area contributed by atoms with Crippen LogP contribution in [0.15, 0.2) is 9.59 Å². The zero-order chi connectivity index (χ0) is 14.4. The average molecular weight is 284 g/mol. The summed E-state index contributed by atoms with van der Waals surface area (Å²) in [5.74, 6) is 0.372. The minimum atomic E-state index is -0.770. The molecular weight excluding hydrogens is 268 g/mol. The molecule has 0 saturated carbocycles. The quantitative estimate of drug-likeness (QED) is 0.483. The van der Waals surface area contributed by atoms with Gasteiger partial charge in [-0.1, -0.05) is 0 Å². The fraction of sp³-hybridized carbons (Fsp3) is 0.636. The highest BCUT2D eigenvalue weighted by Gasteiger charge is 2.41. The number of fused-ring (bicyclic) bond motifs is 1. The summed E-state index contributed by atoms with van der Waals surface area (Å²) >= 11 is 0. The number of hydrogen-bond acceptors (Lipinski definition) is 7. The molecule has 1 fully saturated rings. The monoisotopic (exact) mass is 284 g/mol. The third-order valence-corrected chi connectivity index (χ3v) is 3.66. The van der Waals surface area contributed by atoms with Gasteiger partial charge in [0.05, 0.1) is 19.4 Å². The first kappa shape index (κ1) is 13.2. The molecule has 3 heterocycles. The normalized spacial score (nSPS) is 29.1. The van der Waals surface area contributed by atoms with Gasteiger partial charge in [0.15, 0.2) is 0 Å². The van der Waals surface area contributed by atoms with Crippen LogP contribution in [0, 0.1) is 0 Å². The van der Waals surface area contributed by atoms with E-state index in [-0.39, 0.29) is 6.61 Å². The van der Waals surface area contributed by atoms with Crippen LogP contribution in [0.2, 0.25) is 0 Å². The average Bonchev–Trinajstić information content (AvgIpc) is 2.90. The lowest BCUT2D eigenvalue weighted by Gasteiger charge is -2.25. The molecule has 20 heavy (non-hydrogen) atoms. The molecule has 3 atom stereocenters. The van der Waals surface area contributed by atoms with Crippen LogP contribution in [0.5, 0.6) is 0 Å². The number of hydrogen-bond donors (Lipinski definition) is 4. The molecule has 9 nitrogen and oxygen atoms in total. The molecule has 4 N–H and O–H groups in total. The SMILES string of the molecule is CN1CN([C@H]2C[C@H](O)[C@@H](CO)O2)c2[nH]c(=O)[nH]c(=O)c21. The van der Waals surface area contributed by atoms with Gasteiger partial charge in [-0.05, 0) is 0 Å². The number of aromatic amines is 2. The number of ether oxygens (including phenoxy) is 1. The minimum absolute atomic E-state index is 0.278. The fourth-order valence-electron chi connectivity index (χ4n) is 2.71. The zero-order valence-corrected chi connectivity index (χ0v) is 10.9. The van der Waals surface area contributed by atoms with Crippen molar-refractivity contribution < 1.29 is 14.9 Å². The molecule has 110 valence electrons. The summed E-state index contributed by atoms with van der Waals surface area (Å²) in [6.45, 7) is 0.0774. The molecule has 1 aromatic heterocycles. The maximum absolute atomic E-state index is 11.8. The van der Waals surface area contributed by atoms with Crippen molar-refractivity contribution in [1.29, 1.82) is 0 Å². The molecule has 1 aromatic rings. The van der Waals surface area contributed by atoms with Gasteiger partial charge in [0.1, 0.15) is 23.8 Å². The third-order valence-electron chi connectivity index (χ3n) is 3.66. The number of H-pyrrole nitrogens is 2. The van der Waals surface area contributed by atoms with Crippen LogP contribution in [0.4, 0.5) is 11.5 Å². The van der Waals surface area contributed by atoms with Crippen molar-refractivity contribution in [3.63, 3.8) is 0 Å². The van der Waals surface area contributed by atoms with Crippen LogP contribution >= 0.6 is 0 Å². The summed E-state index contributed by atoms with van der Waals surface area (Å²) in [5, 5.41) is 18.9. The van der Waals surface area contributed by atoms with E-state index in [2.05, 4.69) is 9.97 Å². The maximum Gasteiger partial charge on any atom is 0.327 e. The Kier molecular flexibility index (Phi) is 3.04. The van der Waals surface area contributed by atoms with E-state index in [1.54, 1.807) is 16.8 Å². The van der Waals surface area contributed by atoms with Crippen LogP contribution in [-0.2, 0) is 4.74 Å². The molecule has 3 rings (SSSR count). The van der Waals surface area contributed by atoms with Crippen LogP contribution in [0.3, 0.4) is 0 Å². The molecule has 0 unspecified atom stereocenters. The first-order valence-corrected chi connectivity index (χ1v) is 6.30. The van der Waals surface area contributed by atoms with Gasteiger partial charge in [-0.2, -0.15) is 0 Å². The highest BCUT2D eigenvalue weighted by Crippen LogP contribution is 2.34. The first-order valence-electron chi connectivity index (χ1n) is 6.30.